The predicted molar refractivity (Wildman–Crippen MR) is 129 cm³/mol. The van der Waals surface area contributed by atoms with Gasteiger partial charge in [0, 0.05) is 13.1 Å². The summed E-state index contributed by atoms with van der Waals surface area (Å²) in [5.41, 5.74) is -1.06. The van der Waals surface area contributed by atoms with Crippen LogP contribution in [-0.2, 0) is 30.4 Å². The molecule has 190 valence electrons. The van der Waals surface area contributed by atoms with Gasteiger partial charge in [-0.25, -0.2) is 0 Å². The molecule has 1 N–H and O–H groups in total. The number of ether oxygens (including phenoxy) is 2. The number of esters is 1. The first-order chi connectivity index (χ1) is 16.8. The predicted octanol–water partition coefficient (Wildman–Crippen LogP) is 2.30. The molecule has 6 atom stereocenters. The molecule has 3 saturated heterocycles. The van der Waals surface area contributed by atoms with Gasteiger partial charge in [0.1, 0.15) is 17.6 Å². The Kier molecular flexibility index (Phi) is 7.06. The fourth-order valence-electron chi connectivity index (χ4n) is 6.40. The van der Waals surface area contributed by atoms with Crippen LogP contribution >= 0.6 is 0 Å². The topological polar surface area (TPSA) is 96.4 Å². The minimum Gasteiger partial charge on any atom is -0.466 e. The van der Waals surface area contributed by atoms with Gasteiger partial charge in [0.25, 0.3) is 0 Å². The van der Waals surface area contributed by atoms with Gasteiger partial charge in [0.2, 0.25) is 11.8 Å². The van der Waals surface area contributed by atoms with E-state index in [0.29, 0.717) is 32.4 Å². The van der Waals surface area contributed by atoms with Crippen LogP contribution in [0.3, 0.4) is 0 Å². The second kappa shape index (κ2) is 9.74. The largest absolute Gasteiger partial charge is 0.466 e. The number of hydrogen-bond acceptors (Lipinski definition) is 6. The van der Waals surface area contributed by atoms with Crippen molar-refractivity contribution in [3.63, 3.8) is 0 Å². The molecule has 8 heteroatoms. The van der Waals surface area contributed by atoms with Gasteiger partial charge in [-0.1, -0.05) is 43.3 Å². The summed E-state index contributed by atoms with van der Waals surface area (Å²) in [6, 6.07) is 8.13. The van der Waals surface area contributed by atoms with Crippen molar-refractivity contribution in [3.8, 4) is 0 Å². The molecule has 3 fully saturated rings. The maximum absolute atomic E-state index is 14.3. The van der Waals surface area contributed by atoms with E-state index in [-0.39, 0.29) is 25.0 Å². The molecule has 0 radical (unpaired) electrons. The Morgan fingerprint density at radius 2 is 2.03 bits per heavy atom. The normalized spacial score (nSPS) is 31.8. The Balaban J connectivity index is 1.78. The maximum atomic E-state index is 14.3. The van der Waals surface area contributed by atoms with Gasteiger partial charge in [-0.15, -0.1) is 6.58 Å². The highest BCUT2D eigenvalue weighted by Crippen LogP contribution is 2.63. The minimum atomic E-state index is -1.14. The first-order valence-electron chi connectivity index (χ1n) is 12.5. The van der Waals surface area contributed by atoms with Crippen molar-refractivity contribution >= 4 is 17.8 Å². The van der Waals surface area contributed by atoms with E-state index in [2.05, 4.69) is 6.58 Å². The molecular weight excluding hydrogens is 448 g/mol. The zero-order valence-electron chi connectivity index (χ0n) is 20.8. The molecule has 2 bridgehead atoms. The van der Waals surface area contributed by atoms with Crippen LogP contribution in [0.2, 0.25) is 0 Å². The molecule has 35 heavy (non-hydrogen) atoms. The Morgan fingerprint density at radius 3 is 2.63 bits per heavy atom. The molecule has 4 rings (SSSR count). The highest BCUT2D eigenvalue weighted by molar-refractivity contribution is 5.98. The van der Waals surface area contributed by atoms with Crippen LogP contribution in [0.1, 0.15) is 45.6 Å². The number of benzene rings is 1. The molecule has 1 aromatic carbocycles. The van der Waals surface area contributed by atoms with Crippen LogP contribution < -0.4 is 0 Å². The minimum absolute atomic E-state index is 0.198. The van der Waals surface area contributed by atoms with E-state index < -0.39 is 41.1 Å². The molecule has 2 unspecified atom stereocenters. The van der Waals surface area contributed by atoms with Gasteiger partial charge >= 0.3 is 5.97 Å². The van der Waals surface area contributed by atoms with Gasteiger partial charge < -0.3 is 24.4 Å². The Bertz CT molecular complexity index is 979. The quantitative estimate of drug-likeness (QED) is 0.404. The molecular formula is C27H36N2O6. The lowest BCUT2D eigenvalue weighted by Crippen LogP contribution is -2.58. The molecule has 2 amide bonds. The van der Waals surface area contributed by atoms with E-state index in [1.807, 2.05) is 44.2 Å². The number of rotatable bonds is 10. The molecule has 0 aromatic heterocycles. The zero-order valence-corrected chi connectivity index (χ0v) is 20.8. The van der Waals surface area contributed by atoms with E-state index in [1.165, 1.54) is 4.90 Å². The molecule has 1 aromatic rings. The number of carbonyl (C=O) groups excluding carboxylic acids is 3. The van der Waals surface area contributed by atoms with Crippen molar-refractivity contribution in [1.82, 2.24) is 9.80 Å². The number of fused-ring (bicyclic) bond motifs is 1. The van der Waals surface area contributed by atoms with E-state index in [4.69, 9.17) is 9.47 Å². The van der Waals surface area contributed by atoms with Gasteiger partial charge in [-0.05, 0) is 38.7 Å². The first-order valence-corrected chi connectivity index (χ1v) is 12.5. The molecule has 1 spiro atoms. The Hall–Kier alpha value is -2.71. The summed E-state index contributed by atoms with van der Waals surface area (Å²) in [5.74, 6) is -2.65. The first kappa shape index (κ1) is 25.4. The van der Waals surface area contributed by atoms with Crippen molar-refractivity contribution in [3.05, 3.63) is 48.6 Å². The van der Waals surface area contributed by atoms with E-state index in [9.17, 15) is 19.5 Å². The summed E-state index contributed by atoms with van der Waals surface area (Å²) in [5, 5.41) is 10.2. The average molecular weight is 485 g/mol. The second-order valence-corrected chi connectivity index (χ2v) is 9.96. The molecule has 3 heterocycles. The summed E-state index contributed by atoms with van der Waals surface area (Å²) < 4.78 is 11.9. The van der Waals surface area contributed by atoms with Gasteiger partial charge in [-0.2, -0.15) is 0 Å². The number of hydrogen-bond donors (Lipinski definition) is 1. The zero-order chi connectivity index (χ0) is 25.4. The van der Waals surface area contributed by atoms with Crippen LogP contribution in [0.4, 0.5) is 0 Å². The van der Waals surface area contributed by atoms with Crippen molar-refractivity contribution < 1.29 is 29.0 Å². The standard InChI is InChI=1S/C27H36N2O6/c1-5-15-28(16-18-11-9-8-10-12-18)24(32)22-27-14-13-26(4,35-27)21(25(33)34-7-3)20(27)23(31)29(22)19(6-2)17-30/h5,8-12,19-22,30H,1,6-7,13-17H2,2-4H3/t19-,20-,21-,22?,26+,27?/m0/s1. The number of amides is 2. The van der Waals surface area contributed by atoms with Gasteiger partial charge in [0.15, 0.2) is 0 Å². The van der Waals surface area contributed by atoms with Gasteiger partial charge in [0.05, 0.1) is 30.8 Å². The summed E-state index contributed by atoms with van der Waals surface area (Å²) in [7, 11) is 0. The van der Waals surface area contributed by atoms with Crippen molar-refractivity contribution in [2.24, 2.45) is 11.8 Å². The monoisotopic (exact) mass is 484 g/mol. The van der Waals surface area contributed by atoms with Crippen LogP contribution in [0.25, 0.3) is 0 Å². The third-order valence-electron chi connectivity index (χ3n) is 7.94. The number of likely N-dealkylation sites (tertiary alicyclic amines) is 1. The van der Waals surface area contributed by atoms with Crippen molar-refractivity contribution in [2.45, 2.75) is 69.9 Å². The van der Waals surface area contributed by atoms with E-state index in [1.54, 1.807) is 17.9 Å². The molecule has 3 aliphatic rings. The van der Waals surface area contributed by atoms with E-state index >= 15 is 0 Å². The summed E-state index contributed by atoms with van der Waals surface area (Å²) >= 11 is 0. The summed E-state index contributed by atoms with van der Waals surface area (Å²) in [6.45, 7) is 9.83. The number of aliphatic hydroxyl groups is 1. The van der Waals surface area contributed by atoms with Crippen molar-refractivity contribution in [2.75, 3.05) is 19.8 Å². The lowest BCUT2D eigenvalue weighted by molar-refractivity contribution is -0.161. The van der Waals surface area contributed by atoms with Crippen LogP contribution in [0.5, 0.6) is 0 Å². The van der Waals surface area contributed by atoms with Crippen LogP contribution in [0, 0.1) is 11.8 Å². The van der Waals surface area contributed by atoms with Crippen LogP contribution in [0.15, 0.2) is 43.0 Å². The fourth-order valence-corrected chi connectivity index (χ4v) is 6.40. The maximum Gasteiger partial charge on any atom is 0.312 e. The molecule has 0 aliphatic carbocycles. The second-order valence-electron chi connectivity index (χ2n) is 9.96. The Labute approximate surface area is 206 Å². The molecule has 8 nitrogen and oxygen atoms in total. The Morgan fingerprint density at radius 1 is 1.31 bits per heavy atom. The van der Waals surface area contributed by atoms with Crippen LogP contribution in [-0.4, -0.2) is 75.7 Å². The average Bonchev–Trinajstić information content (AvgIpc) is 3.41. The molecule has 0 saturated carbocycles. The van der Waals surface area contributed by atoms with Gasteiger partial charge in [-0.3, -0.25) is 14.4 Å². The number of aliphatic hydroxyl groups excluding tert-OH is 1. The lowest BCUT2D eigenvalue weighted by Gasteiger charge is -2.39. The molecule has 3 aliphatic heterocycles. The third kappa shape index (κ3) is 3.96. The summed E-state index contributed by atoms with van der Waals surface area (Å²) in [6.07, 6.45) is 3.16. The smallest absolute Gasteiger partial charge is 0.312 e. The number of carbonyl (C=O) groups is 3. The fraction of sp³-hybridized carbons (Fsp3) is 0.593. The highest BCUT2D eigenvalue weighted by Gasteiger charge is 2.79. The SMILES string of the molecule is C=CCN(Cc1ccccc1)C(=O)C1N([C@@H](CC)CO)C(=O)[C@@H]2[C@@H](C(=O)OCC)[C@@]3(C)CCC12O3. The number of nitrogens with zero attached hydrogens (tertiary/aromatic N) is 2. The summed E-state index contributed by atoms with van der Waals surface area (Å²) in [4.78, 5) is 44.5. The van der Waals surface area contributed by atoms with E-state index in [0.717, 1.165) is 5.56 Å². The highest BCUT2D eigenvalue weighted by atomic mass is 16.6. The lowest BCUT2D eigenvalue weighted by atomic mass is 9.66. The van der Waals surface area contributed by atoms with Crippen molar-refractivity contribution in [1.29, 1.82) is 0 Å². The third-order valence-corrected chi connectivity index (χ3v) is 7.94.